The number of benzene rings is 3. The number of esters is 2. The lowest BCUT2D eigenvalue weighted by Gasteiger charge is -2.13. The van der Waals surface area contributed by atoms with Crippen molar-refractivity contribution in [1.82, 2.24) is 0 Å². The molecule has 0 bridgehead atoms. The molecule has 0 aliphatic carbocycles. The van der Waals surface area contributed by atoms with Gasteiger partial charge in [-0.3, -0.25) is 4.99 Å². The van der Waals surface area contributed by atoms with Crippen LogP contribution in [0.5, 0.6) is 0 Å². The molecule has 0 saturated heterocycles. The maximum absolute atomic E-state index is 14.0. The second-order valence-corrected chi connectivity index (χ2v) is 6.53. The number of nitrogens with zero attached hydrogens (tertiary/aromatic N) is 1. The summed E-state index contributed by atoms with van der Waals surface area (Å²) in [5, 5.41) is 0. The minimum atomic E-state index is -0.736. The molecule has 32 heavy (non-hydrogen) atoms. The lowest BCUT2D eigenvalue weighted by Crippen LogP contribution is -2.08. The van der Waals surface area contributed by atoms with Crippen LogP contribution in [0.15, 0.2) is 77.8 Å². The largest absolute Gasteiger partial charge is 0.466 e. The zero-order chi connectivity index (χ0) is 23.1. The Morgan fingerprint density at radius 1 is 0.812 bits per heavy atom. The molecule has 0 N–H and O–H groups in total. The van der Waals surface area contributed by atoms with Crippen LogP contribution in [0.3, 0.4) is 0 Å². The van der Waals surface area contributed by atoms with Crippen molar-refractivity contribution in [3.63, 3.8) is 0 Å². The van der Waals surface area contributed by atoms with Gasteiger partial charge in [-0.2, -0.15) is 0 Å². The first-order valence-electron chi connectivity index (χ1n) is 9.51. The monoisotopic (exact) mass is 435 g/mol. The molecule has 3 aromatic rings. The molecule has 0 amide bonds. The molecule has 0 radical (unpaired) electrons. The number of halogens is 2. The predicted molar refractivity (Wildman–Crippen MR) is 117 cm³/mol. The van der Waals surface area contributed by atoms with Gasteiger partial charge in [0.15, 0.2) is 0 Å². The van der Waals surface area contributed by atoms with Crippen LogP contribution in [0.1, 0.15) is 11.1 Å². The van der Waals surface area contributed by atoms with Gasteiger partial charge in [0.2, 0.25) is 0 Å². The molecule has 0 aromatic heterocycles. The number of carbonyl (C=O) groups is 2. The highest BCUT2D eigenvalue weighted by molar-refractivity contribution is 6.22. The number of para-hydroxylation sites is 1. The summed E-state index contributed by atoms with van der Waals surface area (Å²) in [6.45, 7) is 0. The Morgan fingerprint density at radius 3 is 2.09 bits per heavy atom. The number of hydrogen-bond acceptors (Lipinski definition) is 5. The number of carbonyl (C=O) groups excluding carboxylic acids is 2. The van der Waals surface area contributed by atoms with Crippen LogP contribution in [0.2, 0.25) is 0 Å². The highest BCUT2D eigenvalue weighted by atomic mass is 19.1. The molecular weight excluding hydrogens is 416 g/mol. The van der Waals surface area contributed by atoms with Crippen LogP contribution < -0.4 is 0 Å². The van der Waals surface area contributed by atoms with Gasteiger partial charge in [-0.25, -0.2) is 18.4 Å². The van der Waals surface area contributed by atoms with Crippen molar-refractivity contribution in [3.8, 4) is 11.1 Å². The lowest BCUT2D eigenvalue weighted by molar-refractivity contribution is -0.136. The van der Waals surface area contributed by atoms with E-state index in [1.165, 1.54) is 20.3 Å². The summed E-state index contributed by atoms with van der Waals surface area (Å²) in [4.78, 5) is 28.5. The smallest absolute Gasteiger partial charge is 0.338 e. The second kappa shape index (κ2) is 10.3. The average Bonchev–Trinajstić information content (AvgIpc) is 2.82. The number of ether oxygens (including phenoxy) is 2. The molecule has 3 aromatic carbocycles. The molecule has 0 spiro atoms. The topological polar surface area (TPSA) is 65.0 Å². The third-order valence-corrected chi connectivity index (χ3v) is 4.61. The van der Waals surface area contributed by atoms with E-state index in [1.54, 1.807) is 48.5 Å². The van der Waals surface area contributed by atoms with Gasteiger partial charge in [0.25, 0.3) is 0 Å². The highest BCUT2D eigenvalue weighted by Gasteiger charge is 2.20. The molecule has 7 heteroatoms. The Bertz CT molecular complexity index is 1200. The summed E-state index contributed by atoms with van der Waals surface area (Å²) < 4.78 is 37.5. The molecule has 0 aliphatic rings. The van der Waals surface area contributed by atoms with Gasteiger partial charge in [-0.05, 0) is 29.3 Å². The molecule has 0 fully saturated rings. The molecule has 3 rings (SSSR count). The number of methoxy groups -OCH3 is 2. The van der Waals surface area contributed by atoms with E-state index >= 15 is 0 Å². The van der Waals surface area contributed by atoms with Crippen molar-refractivity contribution in [1.29, 1.82) is 0 Å². The second-order valence-electron chi connectivity index (χ2n) is 6.53. The van der Waals surface area contributed by atoms with Gasteiger partial charge >= 0.3 is 11.9 Å². The summed E-state index contributed by atoms with van der Waals surface area (Å²) in [6.07, 6.45) is 2.16. The van der Waals surface area contributed by atoms with E-state index in [0.29, 0.717) is 22.4 Å². The third kappa shape index (κ3) is 4.95. The van der Waals surface area contributed by atoms with Gasteiger partial charge in [0.05, 0.1) is 31.0 Å². The fourth-order valence-electron chi connectivity index (χ4n) is 3.07. The van der Waals surface area contributed by atoms with E-state index in [1.807, 2.05) is 0 Å². The summed E-state index contributed by atoms with van der Waals surface area (Å²) in [5.74, 6) is -2.92. The first kappa shape index (κ1) is 22.6. The normalized spacial score (nSPS) is 11.4. The van der Waals surface area contributed by atoms with Crippen LogP contribution in [-0.4, -0.2) is 32.4 Å². The van der Waals surface area contributed by atoms with Crippen LogP contribution in [-0.2, 0) is 19.1 Å². The minimum Gasteiger partial charge on any atom is -0.466 e. The lowest BCUT2D eigenvalue weighted by atomic mass is 9.93. The van der Waals surface area contributed by atoms with Crippen LogP contribution in [0.25, 0.3) is 16.7 Å². The third-order valence-electron chi connectivity index (χ3n) is 4.61. The maximum atomic E-state index is 14.0. The standard InChI is InChI=1S/C25H19F2NO4/c1-31-24(29)14-19(25(30)32-2)17-9-4-3-8-16(17)18-10-5-6-13-23(18)28-15-20-21(26)11-7-12-22(20)27/h3-15H,1-2H3/b19-14-,28-15?. The summed E-state index contributed by atoms with van der Waals surface area (Å²) in [6, 6.07) is 17.3. The molecule has 162 valence electrons. The zero-order valence-corrected chi connectivity index (χ0v) is 17.3. The summed E-state index contributed by atoms with van der Waals surface area (Å²) in [7, 11) is 2.41. The number of hydrogen-bond donors (Lipinski definition) is 0. The van der Waals surface area contributed by atoms with Crippen molar-refractivity contribution >= 4 is 29.4 Å². The van der Waals surface area contributed by atoms with Crippen molar-refractivity contribution in [3.05, 3.63) is 95.6 Å². The number of rotatable bonds is 6. The first-order chi connectivity index (χ1) is 15.5. The van der Waals surface area contributed by atoms with Crippen molar-refractivity contribution in [2.45, 2.75) is 0 Å². The maximum Gasteiger partial charge on any atom is 0.338 e. The Morgan fingerprint density at radius 2 is 1.44 bits per heavy atom. The fraction of sp³-hybridized carbons (Fsp3) is 0.0800. The quantitative estimate of drug-likeness (QED) is 0.307. The summed E-state index contributed by atoms with van der Waals surface area (Å²) in [5.41, 5.74) is 1.69. The van der Waals surface area contributed by atoms with Crippen molar-refractivity contribution < 1.29 is 27.8 Å². The van der Waals surface area contributed by atoms with Gasteiger partial charge in [-0.15, -0.1) is 0 Å². The fourth-order valence-corrected chi connectivity index (χ4v) is 3.07. The Labute approximate surface area is 183 Å². The number of aliphatic imine (C=N–C) groups is 1. The van der Waals surface area contributed by atoms with E-state index in [2.05, 4.69) is 9.73 Å². The first-order valence-corrected chi connectivity index (χ1v) is 9.51. The Hall–Kier alpha value is -4.13. The van der Waals surface area contributed by atoms with E-state index in [0.717, 1.165) is 24.4 Å². The van der Waals surface area contributed by atoms with E-state index < -0.39 is 23.6 Å². The molecule has 0 heterocycles. The van der Waals surface area contributed by atoms with Crippen LogP contribution >= 0.6 is 0 Å². The minimum absolute atomic E-state index is 0.00567. The molecule has 0 unspecified atom stereocenters. The van der Waals surface area contributed by atoms with Gasteiger partial charge in [0.1, 0.15) is 11.6 Å². The SMILES string of the molecule is COC(=O)/C=C(\C(=O)OC)c1ccccc1-c1ccccc1N=Cc1c(F)cccc1F. The van der Waals surface area contributed by atoms with E-state index in [4.69, 9.17) is 4.74 Å². The Kier molecular flexibility index (Phi) is 7.23. The van der Waals surface area contributed by atoms with Gasteiger partial charge < -0.3 is 9.47 Å². The van der Waals surface area contributed by atoms with Crippen LogP contribution in [0, 0.1) is 11.6 Å². The zero-order valence-electron chi connectivity index (χ0n) is 17.3. The van der Waals surface area contributed by atoms with E-state index in [9.17, 15) is 18.4 Å². The molecule has 0 saturated carbocycles. The summed E-state index contributed by atoms with van der Waals surface area (Å²) >= 11 is 0. The van der Waals surface area contributed by atoms with E-state index in [-0.39, 0.29) is 11.1 Å². The Balaban J connectivity index is 2.15. The highest BCUT2D eigenvalue weighted by Crippen LogP contribution is 2.35. The molecule has 5 nitrogen and oxygen atoms in total. The molecular formula is C25H19F2NO4. The molecule has 0 atom stereocenters. The van der Waals surface area contributed by atoms with Gasteiger partial charge in [-0.1, -0.05) is 48.5 Å². The van der Waals surface area contributed by atoms with Crippen molar-refractivity contribution in [2.24, 2.45) is 4.99 Å². The predicted octanol–water partition coefficient (Wildman–Crippen LogP) is 5.11. The average molecular weight is 435 g/mol. The molecule has 0 aliphatic heterocycles. The van der Waals surface area contributed by atoms with Crippen molar-refractivity contribution in [2.75, 3.05) is 14.2 Å². The van der Waals surface area contributed by atoms with Gasteiger partial charge in [0, 0.05) is 17.9 Å². The van der Waals surface area contributed by atoms with Crippen LogP contribution in [0.4, 0.5) is 14.5 Å².